The zero-order valence-corrected chi connectivity index (χ0v) is 7.08. The molecule has 60 valence electrons. The van der Waals surface area contributed by atoms with Gasteiger partial charge in [0.25, 0.3) is 0 Å². The zero-order valence-electron chi connectivity index (χ0n) is 6.27. The van der Waals surface area contributed by atoms with Crippen LogP contribution in [0.15, 0.2) is 35.6 Å². The summed E-state index contributed by atoms with van der Waals surface area (Å²) in [5.74, 6) is 0. The van der Waals surface area contributed by atoms with Gasteiger partial charge in [-0.05, 0) is 18.0 Å². The Balaban J connectivity index is 2.79. The van der Waals surface area contributed by atoms with Gasteiger partial charge in [-0.3, -0.25) is 5.14 Å². The first kappa shape index (κ1) is 7.52. The zero-order chi connectivity index (χ0) is 8.39. The Labute approximate surface area is 74.2 Å². The summed E-state index contributed by atoms with van der Waals surface area (Å²) in [4.78, 5) is 8.16. The second-order valence-corrected chi connectivity index (χ2v) is 2.94. The highest BCUT2D eigenvalue weighted by atomic mass is 32.2. The summed E-state index contributed by atoms with van der Waals surface area (Å²) in [5, 5.41) is 7.27. The summed E-state index contributed by atoms with van der Waals surface area (Å²) in [7, 11) is 0. The first-order chi connectivity index (χ1) is 5.92. The summed E-state index contributed by atoms with van der Waals surface area (Å²) >= 11 is 1.15. The molecule has 0 fully saturated rings. The van der Waals surface area contributed by atoms with Crippen molar-refractivity contribution >= 4 is 22.9 Å². The molecule has 0 saturated heterocycles. The van der Waals surface area contributed by atoms with Gasteiger partial charge < -0.3 is 0 Å². The van der Waals surface area contributed by atoms with E-state index in [4.69, 9.17) is 5.14 Å². The highest BCUT2D eigenvalue weighted by Crippen LogP contribution is 2.19. The van der Waals surface area contributed by atoms with Gasteiger partial charge in [0.05, 0.1) is 5.52 Å². The highest BCUT2D eigenvalue weighted by molar-refractivity contribution is 7.97. The minimum absolute atomic E-state index is 0.820. The summed E-state index contributed by atoms with van der Waals surface area (Å²) in [6.45, 7) is 0. The van der Waals surface area contributed by atoms with Gasteiger partial charge in [-0.15, -0.1) is 0 Å². The molecule has 2 rings (SSSR count). The average Bonchev–Trinajstić information content (AvgIpc) is 2.17. The van der Waals surface area contributed by atoms with Crippen molar-refractivity contribution in [1.29, 1.82) is 0 Å². The molecule has 0 saturated carbocycles. The van der Waals surface area contributed by atoms with Crippen molar-refractivity contribution in [3.8, 4) is 0 Å². The number of para-hydroxylation sites is 1. The van der Waals surface area contributed by atoms with Gasteiger partial charge in [-0.1, -0.05) is 18.2 Å². The number of hydrogen-bond donors (Lipinski definition) is 1. The molecule has 1 heterocycles. The fourth-order valence-corrected chi connectivity index (χ4v) is 1.48. The van der Waals surface area contributed by atoms with E-state index in [0.717, 1.165) is 27.9 Å². The number of aromatic nitrogens is 2. The van der Waals surface area contributed by atoms with Crippen molar-refractivity contribution in [3.63, 3.8) is 0 Å². The number of fused-ring (bicyclic) bond motifs is 1. The number of nitrogens with zero attached hydrogens (tertiary/aromatic N) is 2. The van der Waals surface area contributed by atoms with Crippen LogP contribution in [0.2, 0.25) is 0 Å². The molecule has 0 bridgehead atoms. The average molecular weight is 177 g/mol. The lowest BCUT2D eigenvalue weighted by molar-refractivity contribution is 1.10. The first-order valence-electron chi connectivity index (χ1n) is 3.48. The molecule has 0 amide bonds. The van der Waals surface area contributed by atoms with Crippen LogP contribution in [0.1, 0.15) is 0 Å². The van der Waals surface area contributed by atoms with E-state index in [1.807, 2.05) is 24.3 Å². The molecule has 2 N–H and O–H groups in total. The minimum Gasteiger partial charge on any atom is -0.272 e. The monoisotopic (exact) mass is 177 g/mol. The van der Waals surface area contributed by atoms with Crippen molar-refractivity contribution in [3.05, 3.63) is 30.6 Å². The molecular formula is C8H7N3S. The maximum atomic E-state index is 5.44. The molecule has 1 aromatic heterocycles. The van der Waals surface area contributed by atoms with Crippen LogP contribution in [-0.4, -0.2) is 9.97 Å². The largest absolute Gasteiger partial charge is 0.272 e. The summed E-state index contributed by atoms with van der Waals surface area (Å²) < 4.78 is 0. The van der Waals surface area contributed by atoms with E-state index in [-0.39, 0.29) is 0 Å². The van der Waals surface area contributed by atoms with Crippen LogP contribution in [0.4, 0.5) is 0 Å². The number of hydrogen-bond acceptors (Lipinski definition) is 4. The van der Waals surface area contributed by atoms with Crippen molar-refractivity contribution in [2.45, 2.75) is 5.03 Å². The fraction of sp³-hybridized carbons (Fsp3) is 0. The van der Waals surface area contributed by atoms with Gasteiger partial charge in [-0.2, -0.15) is 0 Å². The molecular weight excluding hydrogens is 170 g/mol. The van der Waals surface area contributed by atoms with E-state index in [0.29, 0.717) is 0 Å². The SMILES string of the molecule is NSc1ncnc2ccccc12. The normalized spacial score (nSPS) is 10.4. The molecule has 0 radical (unpaired) electrons. The Morgan fingerprint density at radius 1 is 1.17 bits per heavy atom. The van der Waals surface area contributed by atoms with Gasteiger partial charge in [0.1, 0.15) is 11.4 Å². The second kappa shape index (κ2) is 3.08. The topological polar surface area (TPSA) is 51.8 Å². The molecule has 0 spiro atoms. The molecule has 0 atom stereocenters. The van der Waals surface area contributed by atoms with Crippen molar-refractivity contribution in [2.75, 3.05) is 0 Å². The minimum atomic E-state index is 0.820. The molecule has 2 aromatic rings. The van der Waals surface area contributed by atoms with E-state index in [1.54, 1.807) is 0 Å². The van der Waals surface area contributed by atoms with Crippen molar-refractivity contribution in [2.24, 2.45) is 5.14 Å². The van der Waals surface area contributed by atoms with E-state index in [1.165, 1.54) is 6.33 Å². The fourth-order valence-electron chi connectivity index (χ4n) is 1.07. The maximum Gasteiger partial charge on any atom is 0.122 e. The van der Waals surface area contributed by atoms with Crippen LogP contribution in [-0.2, 0) is 0 Å². The van der Waals surface area contributed by atoms with Crippen molar-refractivity contribution < 1.29 is 0 Å². The molecule has 0 aliphatic carbocycles. The molecule has 0 aliphatic rings. The molecule has 0 unspecified atom stereocenters. The Hall–Kier alpha value is -1.13. The standard InChI is InChI=1S/C8H7N3S/c9-12-8-6-3-1-2-4-7(6)10-5-11-8/h1-5H,9H2. The summed E-state index contributed by atoms with van der Waals surface area (Å²) in [5.41, 5.74) is 0.931. The Morgan fingerprint density at radius 3 is 2.83 bits per heavy atom. The van der Waals surface area contributed by atoms with E-state index in [2.05, 4.69) is 9.97 Å². The number of benzene rings is 1. The lowest BCUT2D eigenvalue weighted by atomic mass is 10.2. The lowest BCUT2D eigenvalue weighted by Gasteiger charge is -1.99. The van der Waals surface area contributed by atoms with E-state index in [9.17, 15) is 0 Å². The molecule has 4 heteroatoms. The predicted octanol–water partition coefficient (Wildman–Crippen LogP) is 1.60. The van der Waals surface area contributed by atoms with Crippen LogP contribution in [0, 0.1) is 0 Å². The maximum absolute atomic E-state index is 5.44. The van der Waals surface area contributed by atoms with Gasteiger partial charge in [0.2, 0.25) is 0 Å². The third kappa shape index (κ3) is 1.15. The predicted molar refractivity (Wildman–Crippen MR) is 49.6 cm³/mol. The first-order valence-corrected chi connectivity index (χ1v) is 4.36. The van der Waals surface area contributed by atoms with E-state index < -0.39 is 0 Å². The third-order valence-corrected chi connectivity index (χ3v) is 2.17. The van der Waals surface area contributed by atoms with E-state index >= 15 is 0 Å². The summed E-state index contributed by atoms with van der Waals surface area (Å²) in [6, 6.07) is 7.80. The van der Waals surface area contributed by atoms with Gasteiger partial charge in [-0.25, -0.2) is 9.97 Å². The lowest BCUT2D eigenvalue weighted by Crippen LogP contribution is -1.88. The Kier molecular flexibility index (Phi) is 1.93. The highest BCUT2D eigenvalue weighted by Gasteiger charge is 1.99. The molecule has 0 aliphatic heterocycles. The Morgan fingerprint density at radius 2 is 2.00 bits per heavy atom. The number of nitrogens with two attached hydrogens (primary N) is 1. The van der Waals surface area contributed by atoms with Crippen LogP contribution >= 0.6 is 11.9 Å². The molecule has 1 aromatic carbocycles. The van der Waals surface area contributed by atoms with Crippen molar-refractivity contribution in [1.82, 2.24) is 9.97 Å². The third-order valence-electron chi connectivity index (χ3n) is 1.62. The van der Waals surface area contributed by atoms with Crippen LogP contribution in [0.25, 0.3) is 10.9 Å². The molecule has 12 heavy (non-hydrogen) atoms. The van der Waals surface area contributed by atoms with Crippen LogP contribution < -0.4 is 5.14 Å². The second-order valence-electron chi connectivity index (χ2n) is 2.31. The molecule has 3 nitrogen and oxygen atoms in total. The van der Waals surface area contributed by atoms with Gasteiger partial charge >= 0.3 is 0 Å². The number of rotatable bonds is 1. The summed E-state index contributed by atoms with van der Waals surface area (Å²) in [6.07, 6.45) is 1.53. The van der Waals surface area contributed by atoms with Crippen LogP contribution in [0.3, 0.4) is 0 Å². The quantitative estimate of drug-likeness (QED) is 0.531. The van der Waals surface area contributed by atoms with Gasteiger partial charge in [0.15, 0.2) is 0 Å². The van der Waals surface area contributed by atoms with Gasteiger partial charge in [0, 0.05) is 5.39 Å². The smallest absolute Gasteiger partial charge is 0.122 e. The van der Waals surface area contributed by atoms with Crippen LogP contribution in [0.5, 0.6) is 0 Å². The Bertz CT molecular complexity index is 397.